The molecule has 0 aliphatic carbocycles. The number of hydrogen-bond acceptors (Lipinski definition) is 4. The van der Waals surface area contributed by atoms with E-state index in [1.54, 1.807) is 12.3 Å². The van der Waals surface area contributed by atoms with Gasteiger partial charge in [0.15, 0.2) is 5.76 Å². The fourth-order valence-corrected chi connectivity index (χ4v) is 4.71. The molecule has 1 aromatic heterocycles. The second-order valence-electron chi connectivity index (χ2n) is 6.94. The first-order valence-corrected chi connectivity index (χ1v) is 11.4. The van der Waals surface area contributed by atoms with Crippen LogP contribution in [0.3, 0.4) is 0 Å². The zero-order chi connectivity index (χ0) is 21.8. The molecule has 1 heterocycles. The van der Waals surface area contributed by atoms with Gasteiger partial charge in [-0.2, -0.15) is 5.10 Å². The van der Waals surface area contributed by atoms with Crippen molar-refractivity contribution in [1.82, 2.24) is 5.43 Å². The van der Waals surface area contributed by atoms with E-state index in [2.05, 4.69) is 80.2 Å². The molecule has 0 atom stereocenters. The summed E-state index contributed by atoms with van der Waals surface area (Å²) in [7, 11) is 0. The molecule has 3 aromatic carbocycles. The lowest BCUT2D eigenvalue weighted by molar-refractivity contribution is 0.0929. The predicted octanol–water partition coefficient (Wildman–Crippen LogP) is 6.45. The number of ether oxygens (including phenoxy) is 1. The number of furan rings is 1. The lowest BCUT2D eigenvalue weighted by Crippen LogP contribution is -2.16. The summed E-state index contributed by atoms with van der Waals surface area (Å²) in [5.74, 6) is 0.581. The Bertz CT molecular complexity index is 1210. The van der Waals surface area contributed by atoms with Gasteiger partial charge in [-0.15, -0.1) is 0 Å². The molecule has 0 unspecified atom stereocenters. The van der Waals surface area contributed by atoms with E-state index in [0.29, 0.717) is 12.2 Å². The zero-order valence-corrected chi connectivity index (χ0v) is 20.3. The highest BCUT2D eigenvalue weighted by atomic mass is 127. The first kappa shape index (κ1) is 21.6. The molecule has 7 heteroatoms. The smallest absolute Gasteiger partial charge is 0.307 e. The van der Waals surface area contributed by atoms with Crippen LogP contribution in [0.1, 0.15) is 27.2 Å². The topological polar surface area (TPSA) is 63.8 Å². The molecule has 0 bridgehead atoms. The van der Waals surface area contributed by atoms with Crippen molar-refractivity contribution in [2.24, 2.45) is 5.10 Å². The number of nitrogens with one attached hydrogen (secondary N) is 1. The van der Waals surface area contributed by atoms with Gasteiger partial charge in [-0.05, 0) is 80.8 Å². The zero-order valence-electron chi connectivity index (χ0n) is 16.6. The first-order chi connectivity index (χ1) is 15.0. The van der Waals surface area contributed by atoms with Gasteiger partial charge in [-0.3, -0.25) is 4.79 Å². The molecule has 0 fully saturated rings. The second kappa shape index (κ2) is 9.65. The van der Waals surface area contributed by atoms with Crippen LogP contribution < -0.4 is 10.2 Å². The van der Waals surface area contributed by atoms with Crippen LogP contribution in [0.2, 0.25) is 0 Å². The number of hydrazone groups is 1. The predicted molar refractivity (Wildman–Crippen MR) is 134 cm³/mol. The average molecular weight is 589 g/mol. The highest BCUT2D eigenvalue weighted by Gasteiger charge is 2.12. The van der Waals surface area contributed by atoms with E-state index in [-0.39, 0.29) is 5.76 Å². The van der Waals surface area contributed by atoms with Crippen molar-refractivity contribution in [3.63, 3.8) is 0 Å². The number of amides is 1. The summed E-state index contributed by atoms with van der Waals surface area (Å²) >= 11 is 5.79. The molecule has 0 aliphatic heterocycles. The van der Waals surface area contributed by atoms with Gasteiger partial charge in [-0.1, -0.05) is 48.0 Å². The van der Waals surface area contributed by atoms with Gasteiger partial charge in [0.1, 0.15) is 17.9 Å². The molecule has 4 aromatic rings. The number of carbonyl (C=O) groups is 1. The minimum atomic E-state index is -0.403. The maximum Gasteiger partial charge on any atom is 0.307 e. The van der Waals surface area contributed by atoms with Crippen LogP contribution in [0.25, 0.3) is 11.0 Å². The second-order valence-corrected chi connectivity index (χ2v) is 8.95. The van der Waals surface area contributed by atoms with Gasteiger partial charge in [0.25, 0.3) is 0 Å². The van der Waals surface area contributed by atoms with Crippen LogP contribution in [0.4, 0.5) is 0 Å². The van der Waals surface area contributed by atoms with Crippen molar-refractivity contribution >= 4 is 61.6 Å². The van der Waals surface area contributed by atoms with Crippen LogP contribution >= 0.6 is 38.5 Å². The third-order valence-corrected chi connectivity index (χ3v) is 5.94. The third kappa shape index (κ3) is 5.34. The van der Waals surface area contributed by atoms with E-state index in [9.17, 15) is 4.79 Å². The molecule has 0 aliphatic rings. The van der Waals surface area contributed by atoms with E-state index >= 15 is 0 Å². The molecular formula is C24H18BrIN2O3. The number of hydrogen-bond donors (Lipinski definition) is 1. The van der Waals surface area contributed by atoms with Crippen molar-refractivity contribution < 1.29 is 13.9 Å². The monoisotopic (exact) mass is 588 g/mol. The van der Waals surface area contributed by atoms with Gasteiger partial charge in [0, 0.05) is 5.39 Å². The highest BCUT2D eigenvalue weighted by molar-refractivity contribution is 14.1. The number of carbonyl (C=O) groups excluding carboxylic acids is 1. The fraction of sp³-hybridized carbons (Fsp3) is 0.0833. The quantitative estimate of drug-likeness (QED) is 0.160. The van der Waals surface area contributed by atoms with E-state index in [1.807, 2.05) is 36.4 Å². The SMILES string of the molecule is Cc1ccc(COc2c(Br)cc(/C=N/NC(=O)c3cc4ccccc4o3)cc2I)cc1. The summed E-state index contributed by atoms with van der Waals surface area (Å²) in [5.41, 5.74) is 6.31. The van der Waals surface area contributed by atoms with Crippen molar-refractivity contribution in [3.8, 4) is 5.75 Å². The summed E-state index contributed by atoms with van der Waals surface area (Å²) in [6.45, 7) is 2.54. The summed E-state index contributed by atoms with van der Waals surface area (Å²) in [6.07, 6.45) is 1.58. The number of halogens is 2. The lowest BCUT2D eigenvalue weighted by atomic mass is 10.2. The Hall–Kier alpha value is -2.65. The molecule has 0 saturated heterocycles. The summed E-state index contributed by atoms with van der Waals surface area (Å²) in [6, 6.07) is 21.2. The van der Waals surface area contributed by atoms with Crippen LogP contribution in [0, 0.1) is 10.5 Å². The van der Waals surface area contributed by atoms with Gasteiger partial charge >= 0.3 is 5.91 Å². The maximum atomic E-state index is 12.3. The molecule has 4 rings (SSSR count). The Morgan fingerprint density at radius 3 is 2.68 bits per heavy atom. The standard InChI is InChI=1S/C24H18BrIN2O3/c1-15-6-8-16(9-7-15)14-30-23-19(25)10-17(11-20(23)26)13-27-28-24(29)22-12-18-4-2-3-5-21(18)31-22/h2-13H,14H2,1H3,(H,28,29)/b27-13+. The maximum absolute atomic E-state index is 12.3. The summed E-state index contributed by atoms with van der Waals surface area (Å²) in [5, 5.41) is 4.92. The minimum absolute atomic E-state index is 0.217. The Labute approximate surface area is 201 Å². The summed E-state index contributed by atoms with van der Waals surface area (Å²) < 4.78 is 13.3. The van der Waals surface area contributed by atoms with Crippen molar-refractivity contribution in [1.29, 1.82) is 0 Å². The number of aryl methyl sites for hydroxylation is 1. The molecular weight excluding hydrogens is 571 g/mol. The van der Waals surface area contributed by atoms with Gasteiger partial charge in [0.2, 0.25) is 0 Å². The van der Waals surface area contributed by atoms with Crippen molar-refractivity contribution in [2.75, 3.05) is 0 Å². The van der Waals surface area contributed by atoms with Crippen LogP contribution in [0.15, 0.2) is 80.7 Å². The molecule has 5 nitrogen and oxygen atoms in total. The molecule has 0 radical (unpaired) electrons. The number of fused-ring (bicyclic) bond motifs is 1. The van der Waals surface area contributed by atoms with Crippen LogP contribution in [-0.2, 0) is 6.61 Å². The van der Waals surface area contributed by atoms with E-state index < -0.39 is 5.91 Å². The Morgan fingerprint density at radius 1 is 1.16 bits per heavy atom. The Kier molecular flexibility index (Phi) is 6.72. The average Bonchev–Trinajstić information content (AvgIpc) is 3.19. The van der Waals surface area contributed by atoms with Crippen molar-refractivity contribution in [2.45, 2.75) is 13.5 Å². The van der Waals surface area contributed by atoms with E-state index in [0.717, 1.165) is 30.3 Å². The number of rotatable bonds is 6. The lowest BCUT2D eigenvalue weighted by Gasteiger charge is -2.11. The largest absolute Gasteiger partial charge is 0.487 e. The van der Waals surface area contributed by atoms with Crippen molar-refractivity contribution in [3.05, 3.63) is 97.2 Å². The Balaban J connectivity index is 1.40. The summed E-state index contributed by atoms with van der Waals surface area (Å²) in [4.78, 5) is 12.3. The van der Waals surface area contributed by atoms with E-state index in [4.69, 9.17) is 9.15 Å². The third-order valence-electron chi connectivity index (χ3n) is 4.55. The molecule has 0 saturated carbocycles. The van der Waals surface area contributed by atoms with E-state index in [1.165, 1.54) is 5.56 Å². The van der Waals surface area contributed by atoms with Gasteiger partial charge < -0.3 is 9.15 Å². The van der Waals surface area contributed by atoms with Gasteiger partial charge in [0.05, 0.1) is 14.3 Å². The number of para-hydroxylation sites is 1. The highest BCUT2D eigenvalue weighted by Crippen LogP contribution is 2.32. The minimum Gasteiger partial charge on any atom is -0.487 e. The Morgan fingerprint density at radius 2 is 1.94 bits per heavy atom. The van der Waals surface area contributed by atoms with Crippen LogP contribution in [-0.4, -0.2) is 12.1 Å². The number of nitrogens with zero attached hydrogens (tertiary/aromatic N) is 1. The molecule has 0 spiro atoms. The first-order valence-electron chi connectivity index (χ1n) is 9.49. The number of benzene rings is 3. The molecule has 31 heavy (non-hydrogen) atoms. The fourth-order valence-electron chi connectivity index (χ4n) is 2.95. The molecule has 156 valence electrons. The van der Waals surface area contributed by atoms with Crippen LogP contribution in [0.5, 0.6) is 5.75 Å². The molecule has 1 amide bonds. The van der Waals surface area contributed by atoms with Gasteiger partial charge in [-0.25, -0.2) is 5.43 Å². The normalized spacial score (nSPS) is 11.2. The molecule has 1 N–H and O–H groups in total.